The van der Waals surface area contributed by atoms with Crippen LogP contribution in [0.5, 0.6) is 0 Å². The van der Waals surface area contributed by atoms with Crippen LogP contribution in [0.1, 0.15) is 0 Å². The summed E-state index contributed by atoms with van der Waals surface area (Å²) in [4.78, 5) is 10.0. The maximum absolute atomic E-state index is 10.5. The maximum Gasteiger partial charge on any atom is 0.314 e. The van der Waals surface area contributed by atoms with Gasteiger partial charge in [-0.05, 0) is 22.0 Å². The summed E-state index contributed by atoms with van der Waals surface area (Å²) in [6, 6.07) is 2.95. The van der Waals surface area contributed by atoms with Crippen molar-refractivity contribution in [1.29, 1.82) is 0 Å². The van der Waals surface area contributed by atoms with Gasteiger partial charge in [-0.25, -0.2) is 0 Å². The van der Waals surface area contributed by atoms with Gasteiger partial charge in [-0.1, -0.05) is 0 Å². The Bertz CT molecular complexity index is 480. The molecule has 0 aliphatic rings. The van der Waals surface area contributed by atoms with E-state index in [2.05, 4.69) is 26.1 Å². The summed E-state index contributed by atoms with van der Waals surface area (Å²) in [5.74, 6) is 0. The number of fused-ring (bicyclic) bond motifs is 1. The summed E-state index contributed by atoms with van der Waals surface area (Å²) in [6.45, 7) is 0. The lowest BCUT2D eigenvalue weighted by molar-refractivity contribution is -0.383. The van der Waals surface area contributed by atoms with Crippen molar-refractivity contribution in [2.45, 2.75) is 0 Å². The maximum atomic E-state index is 10.5. The Morgan fingerprint density at radius 3 is 3.00 bits per heavy atom. The fraction of sp³-hybridized carbons (Fsp3) is 0. The Balaban J connectivity index is 2.84. The van der Waals surface area contributed by atoms with Crippen LogP contribution in [0.3, 0.4) is 0 Å². The average Bonchev–Trinajstić information content (AvgIpc) is 2.48. The van der Waals surface area contributed by atoms with E-state index in [0.29, 0.717) is 4.73 Å². The second kappa shape index (κ2) is 2.77. The molecular formula is C6H3BrN4O2. The Kier molecular flexibility index (Phi) is 1.73. The number of aromatic nitrogens is 3. The van der Waals surface area contributed by atoms with E-state index >= 15 is 0 Å². The quantitative estimate of drug-likeness (QED) is 0.560. The van der Waals surface area contributed by atoms with Crippen molar-refractivity contribution in [2.24, 2.45) is 0 Å². The molecule has 2 rings (SSSR count). The number of nitrogens with zero attached hydrogens (tertiary/aromatic N) is 4. The van der Waals surface area contributed by atoms with Crippen molar-refractivity contribution in [1.82, 2.24) is 14.6 Å². The summed E-state index contributed by atoms with van der Waals surface area (Å²) < 4.78 is 1.95. The van der Waals surface area contributed by atoms with E-state index in [1.165, 1.54) is 10.5 Å². The van der Waals surface area contributed by atoms with Crippen LogP contribution in [0.2, 0.25) is 0 Å². The molecule has 0 amide bonds. The molecule has 2 heterocycles. The predicted octanol–water partition coefficient (Wildman–Crippen LogP) is 1.40. The van der Waals surface area contributed by atoms with Crippen LogP contribution in [-0.4, -0.2) is 19.5 Å². The highest BCUT2D eigenvalue weighted by Gasteiger charge is 2.15. The van der Waals surface area contributed by atoms with Crippen molar-refractivity contribution >= 4 is 27.3 Å². The molecular weight excluding hydrogens is 240 g/mol. The van der Waals surface area contributed by atoms with Crippen molar-refractivity contribution < 1.29 is 4.92 Å². The number of pyridine rings is 1. The van der Waals surface area contributed by atoms with Crippen molar-refractivity contribution in [3.8, 4) is 0 Å². The molecule has 0 atom stereocenters. The lowest BCUT2D eigenvalue weighted by Gasteiger charge is -1.93. The number of hydrogen-bond acceptors (Lipinski definition) is 4. The van der Waals surface area contributed by atoms with Gasteiger partial charge >= 0.3 is 5.69 Å². The Morgan fingerprint density at radius 2 is 2.31 bits per heavy atom. The fourth-order valence-corrected chi connectivity index (χ4v) is 1.38. The summed E-state index contributed by atoms with van der Waals surface area (Å²) in [5, 5.41) is 17.9. The van der Waals surface area contributed by atoms with Gasteiger partial charge in [-0.15, -0.1) is 10.2 Å². The lowest BCUT2D eigenvalue weighted by Crippen LogP contribution is -1.93. The highest BCUT2D eigenvalue weighted by molar-refractivity contribution is 9.10. The zero-order valence-corrected chi connectivity index (χ0v) is 7.80. The Labute approximate surface area is 80.5 Å². The molecule has 66 valence electrons. The van der Waals surface area contributed by atoms with Gasteiger partial charge in [0.2, 0.25) is 10.4 Å². The van der Waals surface area contributed by atoms with Crippen LogP contribution in [-0.2, 0) is 0 Å². The van der Waals surface area contributed by atoms with Crippen molar-refractivity contribution in [2.75, 3.05) is 0 Å². The highest BCUT2D eigenvalue weighted by atomic mass is 79.9. The lowest BCUT2D eigenvalue weighted by atomic mass is 10.4. The second-order valence-electron chi connectivity index (χ2n) is 2.31. The minimum Gasteiger partial charge on any atom is -0.271 e. The molecule has 0 aliphatic carbocycles. The molecule has 0 aliphatic heterocycles. The van der Waals surface area contributed by atoms with E-state index < -0.39 is 4.92 Å². The molecule has 0 radical (unpaired) electrons. The minimum atomic E-state index is -0.490. The van der Waals surface area contributed by atoms with E-state index in [1.54, 1.807) is 12.3 Å². The van der Waals surface area contributed by atoms with Crippen molar-refractivity contribution in [3.63, 3.8) is 0 Å². The Morgan fingerprint density at radius 1 is 1.54 bits per heavy atom. The molecule has 0 unspecified atom stereocenters. The third kappa shape index (κ3) is 1.17. The topological polar surface area (TPSA) is 73.3 Å². The summed E-state index contributed by atoms with van der Waals surface area (Å²) in [5.41, 5.74) is 0.181. The molecule has 0 saturated heterocycles. The predicted molar refractivity (Wildman–Crippen MR) is 47.3 cm³/mol. The third-order valence-electron chi connectivity index (χ3n) is 1.57. The van der Waals surface area contributed by atoms with Crippen LogP contribution in [0.25, 0.3) is 5.65 Å². The van der Waals surface area contributed by atoms with Crippen LogP contribution in [0.15, 0.2) is 23.1 Å². The van der Waals surface area contributed by atoms with Crippen LogP contribution < -0.4 is 0 Å². The van der Waals surface area contributed by atoms with Gasteiger partial charge in [0.1, 0.15) is 0 Å². The third-order valence-corrected chi connectivity index (χ3v) is 2.11. The molecule has 7 heteroatoms. The zero-order chi connectivity index (χ0) is 9.42. The minimum absolute atomic E-state index is 0.0549. The van der Waals surface area contributed by atoms with Crippen molar-refractivity contribution in [3.05, 3.63) is 33.2 Å². The first-order valence-electron chi connectivity index (χ1n) is 3.34. The monoisotopic (exact) mass is 242 g/mol. The molecule has 0 saturated carbocycles. The summed E-state index contributed by atoms with van der Waals surface area (Å²) >= 11 is 3.12. The molecule has 2 aromatic heterocycles. The molecule has 2 aromatic rings. The van der Waals surface area contributed by atoms with E-state index in [9.17, 15) is 10.1 Å². The van der Waals surface area contributed by atoms with Gasteiger partial charge in [0.05, 0.1) is 4.92 Å². The van der Waals surface area contributed by atoms with Crippen LogP contribution in [0, 0.1) is 10.1 Å². The average molecular weight is 243 g/mol. The summed E-state index contributed by atoms with van der Waals surface area (Å²) in [6.07, 6.45) is 1.65. The smallest absolute Gasteiger partial charge is 0.271 e. The molecule has 0 N–H and O–H groups in total. The van der Waals surface area contributed by atoms with Gasteiger partial charge in [0.25, 0.3) is 0 Å². The first-order chi connectivity index (χ1) is 6.20. The molecule has 0 fully saturated rings. The molecule has 0 spiro atoms. The SMILES string of the molecule is O=[N+]([O-])c1cccn2c(Br)nnc12. The largest absolute Gasteiger partial charge is 0.314 e. The number of nitro groups is 1. The van der Waals surface area contributed by atoms with Gasteiger partial charge < -0.3 is 0 Å². The number of rotatable bonds is 1. The first-order valence-corrected chi connectivity index (χ1v) is 4.13. The van der Waals surface area contributed by atoms with E-state index in [1.807, 2.05) is 0 Å². The van der Waals surface area contributed by atoms with Crippen LogP contribution >= 0.6 is 15.9 Å². The van der Waals surface area contributed by atoms with Crippen LogP contribution in [0.4, 0.5) is 5.69 Å². The van der Waals surface area contributed by atoms with E-state index in [0.717, 1.165) is 0 Å². The van der Waals surface area contributed by atoms with E-state index in [4.69, 9.17) is 0 Å². The zero-order valence-electron chi connectivity index (χ0n) is 6.22. The number of halogens is 1. The Hall–Kier alpha value is -1.50. The summed E-state index contributed by atoms with van der Waals surface area (Å²) in [7, 11) is 0. The molecule has 6 nitrogen and oxygen atoms in total. The molecule has 0 bridgehead atoms. The standard InChI is InChI=1S/C6H3BrN4O2/c7-6-9-8-5-4(11(12)13)2-1-3-10(5)6/h1-3H. The molecule has 13 heavy (non-hydrogen) atoms. The first kappa shape index (κ1) is 8.11. The normalized spacial score (nSPS) is 10.5. The second-order valence-corrected chi connectivity index (χ2v) is 3.02. The van der Waals surface area contributed by atoms with Gasteiger partial charge in [-0.3, -0.25) is 14.5 Å². The molecule has 0 aromatic carbocycles. The number of hydrogen-bond donors (Lipinski definition) is 0. The van der Waals surface area contributed by atoms with Gasteiger partial charge in [0.15, 0.2) is 0 Å². The fourth-order valence-electron chi connectivity index (χ4n) is 1.02. The van der Waals surface area contributed by atoms with E-state index in [-0.39, 0.29) is 11.3 Å². The van der Waals surface area contributed by atoms with Gasteiger partial charge in [-0.2, -0.15) is 0 Å². The highest BCUT2D eigenvalue weighted by Crippen LogP contribution is 2.19. The van der Waals surface area contributed by atoms with Gasteiger partial charge in [0, 0.05) is 12.3 Å².